The zero-order valence-electron chi connectivity index (χ0n) is 34.9. The first-order chi connectivity index (χ1) is 29.7. The van der Waals surface area contributed by atoms with E-state index in [1.54, 1.807) is 31.2 Å². The fourth-order valence-corrected chi connectivity index (χ4v) is 11.7. The number of nitrogens with zero attached hydrogens (tertiary/aromatic N) is 2. The lowest BCUT2D eigenvalue weighted by Crippen LogP contribution is -2.35. The van der Waals surface area contributed by atoms with Crippen molar-refractivity contribution in [1.29, 1.82) is 0 Å². The molecule has 0 saturated carbocycles. The standard InChI is InChI=1S/C27H28F2N2.C25H27ClN2OS/c28-23-6-3-19(4-7-23)20-13-15-31(16-14-20)18-22-2-1-21-5-10-26(17-27(21)22)30-25-11-8-24(29)9-12-25;1-16(29)27-21-6-4-17-2-3-19(23(17)13-21)14-28-10-8-18(9-11-28)24-15-30-25-12-20(26)5-7-22(24)25/h3-12,17,20,22,30H,1-2,13-16,18H2;4-7,12-13,15,18-19H,2-3,8-11,14H2,1H3,(H,27,29). The van der Waals surface area contributed by atoms with Gasteiger partial charge in [0, 0.05) is 46.8 Å². The summed E-state index contributed by atoms with van der Waals surface area (Å²) >= 11 is 7.98. The number of hydrogen-bond donors (Lipinski definition) is 2. The monoisotopic (exact) mass is 856 g/mol. The first kappa shape index (κ1) is 41.7. The molecule has 2 N–H and O–H groups in total. The zero-order chi connectivity index (χ0) is 41.9. The molecule has 4 aliphatic rings. The smallest absolute Gasteiger partial charge is 0.221 e. The van der Waals surface area contributed by atoms with Crippen LogP contribution in [0.25, 0.3) is 10.1 Å². The third-order valence-electron chi connectivity index (χ3n) is 13.6. The molecule has 2 aliphatic heterocycles. The molecule has 3 heterocycles. The minimum Gasteiger partial charge on any atom is -0.356 e. The van der Waals surface area contributed by atoms with Crippen LogP contribution in [0.1, 0.15) is 103 Å². The molecule has 316 valence electrons. The highest BCUT2D eigenvalue weighted by Crippen LogP contribution is 2.41. The van der Waals surface area contributed by atoms with Crippen LogP contribution in [0.4, 0.5) is 25.8 Å². The van der Waals surface area contributed by atoms with Crippen LogP contribution in [-0.2, 0) is 17.6 Å². The Hall–Kier alpha value is -4.60. The number of carbonyl (C=O) groups excluding carboxylic acids is 1. The third kappa shape index (κ3) is 10.0. The molecule has 2 atom stereocenters. The summed E-state index contributed by atoms with van der Waals surface area (Å²) in [5.74, 6) is 1.95. The van der Waals surface area contributed by atoms with E-state index in [4.69, 9.17) is 11.6 Å². The van der Waals surface area contributed by atoms with Gasteiger partial charge in [-0.3, -0.25) is 4.79 Å². The largest absolute Gasteiger partial charge is 0.356 e. The summed E-state index contributed by atoms with van der Waals surface area (Å²) in [4.78, 5) is 16.7. The van der Waals surface area contributed by atoms with E-state index < -0.39 is 0 Å². The van der Waals surface area contributed by atoms with E-state index in [1.165, 1.54) is 81.3 Å². The molecule has 6 aromatic rings. The number of piperidine rings is 2. The van der Waals surface area contributed by atoms with Gasteiger partial charge in [-0.25, -0.2) is 8.78 Å². The number of thiophene rings is 1. The second-order valence-corrected chi connectivity index (χ2v) is 19.0. The van der Waals surface area contributed by atoms with E-state index in [0.29, 0.717) is 23.7 Å². The van der Waals surface area contributed by atoms with Gasteiger partial charge in [0.25, 0.3) is 0 Å². The Morgan fingerprint density at radius 1 is 0.639 bits per heavy atom. The summed E-state index contributed by atoms with van der Waals surface area (Å²) in [6.07, 6.45) is 9.43. The lowest BCUT2D eigenvalue weighted by Gasteiger charge is -2.34. The van der Waals surface area contributed by atoms with Crippen LogP contribution in [0.15, 0.2) is 109 Å². The molecule has 5 nitrogen and oxygen atoms in total. The quantitative estimate of drug-likeness (QED) is 0.152. The van der Waals surface area contributed by atoms with Gasteiger partial charge < -0.3 is 20.4 Å². The second kappa shape index (κ2) is 18.8. The van der Waals surface area contributed by atoms with Crippen molar-refractivity contribution in [2.75, 3.05) is 49.9 Å². The average Bonchev–Trinajstić information content (AvgIpc) is 3.99. The number of halogens is 3. The van der Waals surface area contributed by atoms with Crippen LogP contribution in [0.5, 0.6) is 0 Å². The van der Waals surface area contributed by atoms with Crippen molar-refractivity contribution in [1.82, 2.24) is 9.80 Å². The highest BCUT2D eigenvalue weighted by Gasteiger charge is 2.30. The summed E-state index contributed by atoms with van der Waals surface area (Å²) in [7, 11) is 0. The van der Waals surface area contributed by atoms with Gasteiger partial charge in [-0.1, -0.05) is 41.9 Å². The van der Waals surface area contributed by atoms with Crippen LogP contribution in [0.2, 0.25) is 5.02 Å². The average molecular weight is 858 g/mol. The van der Waals surface area contributed by atoms with E-state index in [-0.39, 0.29) is 17.5 Å². The van der Waals surface area contributed by atoms with Crippen LogP contribution in [0.3, 0.4) is 0 Å². The first-order valence-electron chi connectivity index (χ1n) is 22.1. The maximum Gasteiger partial charge on any atom is 0.221 e. The Kier molecular flexibility index (Phi) is 12.9. The van der Waals surface area contributed by atoms with Crippen molar-refractivity contribution in [3.8, 4) is 0 Å². The molecule has 0 radical (unpaired) electrons. The van der Waals surface area contributed by atoms with E-state index in [1.807, 2.05) is 35.6 Å². The molecule has 0 spiro atoms. The molecule has 10 rings (SSSR count). The summed E-state index contributed by atoms with van der Waals surface area (Å²) in [6.45, 7) is 8.31. The number of likely N-dealkylation sites (tertiary alicyclic amines) is 2. The lowest BCUT2D eigenvalue weighted by molar-refractivity contribution is -0.114. The fraction of sp³-hybridized carbons (Fsp3) is 0.365. The highest BCUT2D eigenvalue weighted by atomic mass is 35.5. The normalized spacial score (nSPS) is 19.6. The summed E-state index contributed by atoms with van der Waals surface area (Å²) in [5, 5.41) is 10.9. The van der Waals surface area contributed by atoms with Crippen molar-refractivity contribution in [3.63, 3.8) is 0 Å². The van der Waals surface area contributed by atoms with Gasteiger partial charge in [0.15, 0.2) is 0 Å². The van der Waals surface area contributed by atoms with E-state index in [2.05, 4.69) is 68.3 Å². The number of fused-ring (bicyclic) bond motifs is 3. The molecule has 61 heavy (non-hydrogen) atoms. The molecule has 2 aliphatic carbocycles. The van der Waals surface area contributed by atoms with Crippen molar-refractivity contribution in [2.24, 2.45) is 0 Å². The Balaban J connectivity index is 0.000000156. The van der Waals surface area contributed by atoms with E-state index in [9.17, 15) is 13.6 Å². The van der Waals surface area contributed by atoms with Crippen molar-refractivity contribution >= 4 is 56.0 Å². The molecule has 2 fully saturated rings. The minimum absolute atomic E-state index is 0.00482. The third-order valence-corrected chi connectivity index (χ3v) is 14.8. The number of carbonyl (C=O) groups is 1. The number of benzene rings is 5. The molecule has 5 aromatic carbocycles. The predicted octanol–water partition coefficient (Wildman–Crippen LogP) is 13.0. The lowest BCUT2D eigenvalue weighted by atomic mass is 9.88. The summed E-state index contributed by atoms with van der Waals surface area (Å²) < 4.78 is 27.7. The first-order valence-corrected chi connectivity index (χ1v) is 23.4. The number of rotatable bonds is 9. The Morgan fingerprint density at radius 3 is 1.79 bits per heavy atom. The Bertz CT molecular complexity index is 2460. The molecular formula is C52H55ClF2N4OS. The molecule has 2 unspecified atom stereocenters. The van der Waals surface area contributed by atoms with Gasteiger partial charge in [0.2, 0.25) is 5.91 Å². The predicted molar refractivity (Wildman–Crippen MR) is 249 cm³/mol. The number of nitrogens with one attached hydrogen (secondary N) is 2. The molecular weight excluding hydrogens is 802 g/mol. The molecule has 2 saturated heterocycles. The fourth-order valence-electron chi connectivity index (χ4n) is 10.4. The number of amides is 1. The Labute approximate surface area is 368 Å². The second-order valence-electron chi connectivity index (χ2n) is 17.6. The number of aryl methyl sites for hydroxylation is 2. The summed E-state index contributed by atoms with van der Waals surface area (Å²) in [6, 6.07) is 32.9. The SMILES string of the molecule is CC(=O)Nc1ccc2c(c1)C(CN1CCC(c3csc4cc(Cl)ccc34)CC1)CC2.Fc1ccc(Nc2ccc3c(c2)C(CN2CCC(c4ccc(F)cc4)CC2)CC3)cc1. The van der Waals surface area contributed by atoms with Gasteiger partial charge >= 0.3 is 0 Å². The van der Waals surface area contributed by atoms with Gasteiger partial charge in [-0.2, -0.15) is 0 Å². The van der Waals surface area contributed by atoms with E-state index >= 15 is 0 Å². The van der Waals surface area contributed by atoms with Gasteiger partial charge in [-0.05, 0) is 218 Å². The number of anilines is 3. The molecule has 0 bridgehead atoms. The molecule has 1 aromatic heterocycles. The number of hydrogen-bond acceptors (Lipinski definition) is 5. The van der Waals surface area contributed by atoms with Gasteiger partial charge in [-0.15, -0.1) is 11.3 Å². The minimum atomic E-state index is -0.220. The molecule has 9 heteroatoms. The van der Waals surface area contributed by atoms with Crippen LogP contribution in [-0.4, -0.2) is 55.0 Å². The summed E-state index contributed by atoms with van der Waals surface area (Å²) in [5.41, 5.74) is 11.5. The van der Waals surface area contributed by atoms with Crippen LogP contribution in [0, 0.1) is 11.6 Å². The van der Waals surface area contributed by atoms with Crippen LogP contribution < -0.4 is 10.6 Å². The zero-order valence-corrected chi connectivity index (χ0v) is 36.5. The van der Waals surface area contributed by atoms with Crippen LogP contribution >= 0.6 is 22.9 Å². The highest BCUT2D eigenvalue weighted by molar-refractivity contribution is 7.17. The van der Waals surface area contributed by atoms with E-state index in [0.717, 1.165) is 87.0 Å². The van der Waals surface area contributed by atoms with Crippen molar-refractivity contribution in [2.45, 2.75) is 82.0 Å². The van der Waals surface area contributed by atoms with Crippen molar-refractivity contribution in [3.05, 3.63) is 159 Å². The topological polar surface area (TPSA) is 47.6 Å². The van der Waals surface area contributed by atoms with Gasteiger partial charge in [0.1, 0.15) is 11.6 Å². The molecule has 1 amide bonds. The van der Waals surface area contributed by atoms with Gasteiger partial charge in [0.05, 0.1) is 0 Å². The maximum absolute atomic E-state index is 13.2. The maximum atomic E-state index is 13.2. The van der Waals surface area contributed by atoms with Crippen molar-refractivity contribution < 1.29 is 13.6 Å². The Morgan fingerprint density at radius 2 is 1.18 bits per heavy atom.